The zero-order valence-corrected chi connectivity index (χ0v) is 17.7. The number of carbonyl (C=O) groups is 3. The second-order valence-corrected chi connectivity index (χ2v) is 7.42. The summed E-state index contributed by atoms with van der Waals surface area (Å²) in [7, 11) is 1.64. The minimum Gasteiger partial charge on any atom is -0.372 e. The highest BCUT2D eigenvalue weighted by Crippen LogP contribution is 2.24. The van der Waals surface area contributed by atoms with Gasteiger partial charge in [-0.1, -0.05) is 29.5 Å². The van der Waals surface area contributed by atoms with Gasteiger partial charge in [-0.2, -0.15) is 5.10 Å². The molecule has 9 nitrogen and oxygen atoms in total. The summed E-state index contributed by atoms with van der Waals surface area (Å²) in [4.78, 5) is 34.0. The molecule has 1 unspecified atom stereocenters. The van der Waals surface area contributed by atoms with Crippen molar-refractivity contribution in [3.05, 3.63) is 59.3 Å². The van der Waals surface area contributed by atoms with Crippen LogP contribution in [-0.4, -0.2) is 57.2 Å². The lowest BCUT2D eigenvalue weighted by molar-refractivity contribution is -0.137. The number of aromatic nitrogens is 2. The molecule has 164 valence electrons. The third kappa shape index (κ3) is 4.31. The molecule has 1 fully saturated rings. The van der Waals surface area contributed by atoms with Crippen molar-refractivity contribution in [3.8, 4) is 17.5 Å². The van der Waals surface area contributed by atoms with Gasteiger partial charge < -0.3 is 21.5 Å². The van der Waals surface area contributed by atoms with Crippen LogP contribution in [0.4, 0.5) is 0 Å². The average molecular weight is 433 g/mol. The van der Waals surface area contributed by atoms with Gasteiger partial charge in [-0.25, -0.2) is 4.68 Å². The van der Waals surface area contributed by atoms with E-state index in [4.69, 9.17) is 10.5 Å². The number of rotatable bonds is 2. The van der Waals surface area contributed by atoms with Crippen LogP contribution in [0.2, 0.25) is 0 Å². The fourth-order valence-corrected chi connectivity index (χ4v) is 3.47. The van der Waals surface area contributed by atoms with E-state index in [-0.39, 0.29) is 24.4 Å². The number of nitrogens with two attached hydrogens (primary N) is 2. The standard InChI is InChI=1S/C22H20N4O3.CH3NO/c1-14-6-7-18-17(12-14)19(20(23)27)24-26(18)16-5-3-4-15(13-16)8-9-22(29)10-11-25(2)21(22)28;2-1-3/h3-7,12-13,29H,10-11H2,1-2H3,(H2,23,27);1H,(H2,2,3). The molecule has 0 aliphatic carbocycles. The summed E-state index contributed by atoms with van der Waals surface area (Å²) in [6, 6.07) is 12.9. The van der Waals surface area contributed by atoms with E-state index in [9.17, 15) is 14.7 Å². The number of benzene rings is 2. The molecular formula is C23H23N5O4. The molecule has 0 spiro atoms. The summed E-state index contributed by atoms with van der Waals surface area (Å²) in [6.07, 6.45) is 0.528. The lowest BCUT2D eigenvalue weighted by Gasteiger charge is -2.13. The molecule has 4 rings (SSSR count). The summed E-state index contributed by atoms with van der Waals surface area (Å²) in [5, 5.41) is 15.6. The Hall–Kier alpha value is -4.16. The molecule has 1 saturated heterocycles. The number of fused-ring (bicyclic) bond motifs is 1. The summed E-state index contributed by atoms with van der Waals surface area (Å²) in [5.41, 5.74) is 11.3. The number of hydrogen-bond acceptors (Lipinski definition) is 5. The second kappa shape index (κ2) is 8.91. The molecule has 1 aliphatic heterocycles. The first-order valence-electron chi connectivity index (χ1n) is 9.76. The van der Waals surface area contributed by atoms with Crippen molar-refractivity contribution in [1.82, 2.24) is 14.7 Å². The highest BCUT2D eigenvalue weighted by atomic mass is 16.3. The van der Waals surface area contributed by atoms with Crippen LogP contribution in [0.3, 0.4) is 0 Å². The molecule has 1 atom stereocenters. The number of likely N-dealkylation sites (tertiary alicyclic amines) is 1. The Morgan fingerprint density at radius 1 is 1.28 bits per heavy atom. The predicted octanol–water partition coefficient (Wildman–Crippen LogP) is 0.479. The first kappa shape index (κ1) is 22.5. The quantitative estimate of drug-likeness (QED) is 0.398. The number of nitrogens with zero attached hydrogens (tertiary/aromatic N) is 3. The van der Waals surface area contributed by atoms with Gasteiger partial charge in [0.2, 0.25) is 12.0 Å². The van der Waals surface area contributed by atoms with E-state index in [1.54, 1.807) is 29.9 Å². The lowest BCUT2D eigenvalue weighted by atomic mass is 10.0. The van der Waals surface area contributed by atoms with Gasteiger partial charge in [-0.15, -0.1) is 0 Å². The van der Waals surface area contributed by atoms with Crippen LogP contribution < -0.4 is 11.5 Å². The third-order valence-corrected chi connectivity index (χ3v) is 5.08. The maximum atomic E-state index is 12.1. The van der Waals surface area contributed by atoms with Crippen LogP contribution >= 0.6 is 0 Å². The van der Waals surface area contributed by atoms with E-state index in [0.717, 1.165) is 11.1 Å². The van der Waals surface area contributed by atoms with Gasteiger partial charge in [-0.05, 0) is 37.3 Å². The van der Waals surface area contributed by atoms with E-state index in [0.29, 0.717) is 23.2 Å². The van der Waals surface area contributed by atoms with Gasteiger partial charge in [0.15, 0.2) is 5.69 Å². The molecule has 2 aromatic carbocycles. The molecule has 1 aromatic heterocycles. The summed E-state index contributed by atoms with van der Waals surface area (Å²) in [6.45, 7) is 2.41. The molecule has 3 amide bonds. The van der Waals surface area contributed by atoms with E-state index >= 15 is 0 Å². The number of amides is 3. The Morgan fingerprint density at radius 3 is 2.62 bits per heavy atom. The molecule has 3 aromatic rings. The Balaban J connectivity index is 0.000000913. The third-order valence-electron chi connectivity index (χ3n) is 5.08. The molecule has 5 N–H and O–H groups in total. The molecule has 0 radical (unpaired) electrons. The van der Waals surface area contributed by atoms with Crippen molar-refractivity contribution in [2.24, 2.45) is 11.5 Å². The minimum atomic E-state index is -1.65. The maximum absolute atomic E-state index is 12.1. The van der Waals surface area contributed by atoms with Crippen molar-refractivity contribution in [1.29, 1.82) is 0 Å². The Kier molecular flexibility index (Phi) is 6.27. The van der Waals surface area contributed by atoms with Crippen molar-refractivity contribution >= 4 is 29.1 Å². The van der Waals surface area contributed by atoms with Gasteiger partial charge >= 0.3 is 0 Å². The van der Waals surface area contributed by atoms with E-state index < -0.39 is 11.5 Å². The molecule has 32 heavy (non-hydrogen) atoms. The fraction of sp³-hybridized carbons (Fsp3) is 0.217. The molecule has 0 saturated carbocycles. The van der Waals surface area contributed by atoms with Crippen LogP contribution in [0.5, 0.6) is 0 Å². The van der Waals surface area contributed by atoms with Crippen LogP contribution in [-0.2, 0) is 9.59 Å². The maximum Gasteiger partial charge on any atom is 0.269 e. The summed E-state index contributed by atoms with van der Waals surface area (Å²) >= 11 is 0. The number of primary amides is 2. The van der Waals surface area contributed by atoms with Crippen molar-refractivity contribution < 1.29 is 19.5 Å². The van der Waals surface area contributed by atoms with Crippen LogP contribution in [0.1, 0.15) is 28.0 Å². The highest BCUT2D eigenvalue weighted by molar-refractivity contribution is 6.04. The number of carbonyl (C=O) groups excluding carboxylic acids is 3. The molecule has 2 heterocycles. The zero-order valence-electron chi connectivity index (χ0n) is 17.7. The Bertz CT molecular complexity index is 1270. The van der Waals surface area contributed by atoms with Gasteiger partial charge in [0.05, 0.1) is 11.2 Å². The number of aliphatic hydroxyl groups is 1. The minimum absolute atomic E-state index is 0.203. The van der Waals surface area contributed by atoms with E-state index in [1.807, 2.05) is 31.2 Å². The van der Waals surface area contributed by atoms with Crippen LogP contribution in [0.25, 0.3) is 16.6 Å². The van der Waals surface area contributed by atoms with Gasteiger partial charge in [0, 0.05) is 31.0 Å². The normalized spacial score (nSPS) is 17.3. The fourth-order valence-electron chi connectivity index (χ4n) is 3.47. The molecule has 0 bridgehead atoms. The van der Waals surface area contributed by atoms with Crippen molar-refractivity contribution in [3.63, 3.8) is 0 Å². The number of likely N-dealkylation sites (N-methyl/N-ethyl adjacent to an activating group) is 1. The van der Waals surface area contributed by atoms with Crippen LogP contribution in [0.15, 0.2) is 42.5 Å². The zero-order chi connectivity index (χ0) is 23.5. The van der Waals surface area contributed by atoms with Gasteiger partial charge in [0.25, 0.3) is 11.8 Å². The average Bonchev–Trinajstić information content (AvgIpc) is 3.26. The smallest absolute Gasteiger partial charge is 0.269 e. The molecule has 9 heteroatoms. The van der Waals surface area contributed by atoms with Crippen molar-refractivity contribution in [2.75, 3.05) is 13.6 Å². The Morgan fingerprint density at radius 2 is 2.00 bits per heavy atom. The predicted molar refractivity (Wildman–Crippen MR) is 119 cm³/mol. The highest BCUT2D eigenvalue weighted by Gasteiger charge is 2.42. The first-order valence-corrected chi connectivity index (χ1v) is 9.76. The van der Waals surface area contributed by atoms with Gasteiger partial charge in [-0.3, -0.25) is 14.4 Å². The topological polar surface area (TPSA) is 145 Å². The molecular weight excluding hydrogens is 410 g/mol. The summed E-state index contributed by atoms with van der Waals surface area (Å²) in [5.74, 6) is 4.62. The number of hydrogen-bond donors (Lipinski definition) is 3. The van der Waals surface area contributed by atoms with E-state index in [2.05, 4.69) is 22.7 Å². The first-order chi connectivity index (χ1) is 15.2. The molecule has 1 aliphatic rings. The number of aryl methyl sites for hydroxylation is 1. The lowest BCUT2D eigenvalue weighted by Crippen LogP contribution is -2.37. The van der Waals surface area contributed by atoms with Crippen molar-refractivity contribution in [2.45, 2.75) is 18.9 Å². The van der Waals surface area contributed by atoms with Crippen LogP contribution in [0, 0.1) is 18.8 Å². The monoisotopic (exact) mass is 433 g/mol. The second-order valence-electron chi connectivity index (χ2n) is 7.42. The SMILES string of the molecule is Cc1ccc2c(c1)c(C(N)=O)nn2-c1cccc(C#CC2(O)CCN(C)C2=O)c1.NC=O. The largest absolute Gasteiger partial charge is 0.372 e. The Labute approximate surface area is 184 Å². The van der Waals surface area contributed by atoms with E-state index in [1.165, 1.54) is 4.90 Å². The summed E-state index contributed by atoms with van der Waals surface area (Å²) < 4.78 is 1.64. The van der Waals surface area contributed by atoms with Gasteiger partial charge in [0.1, 0.15) is 0 Å².